The van der Waals surface area contributed by atoms with Gasteiger partial charge in [0.15, 0.2) is 5.65 Å². The molecule has 4 aromatic heterocycles. The topological polar surface area (TPSA) is 86.2 Å². The maximum absolute atomic E-state index is 4.35. The molecule has 0 aliphatic heterocycles. The maximum atomic E-state index is 4.35. The minimum absolute atomic E-state index is 0.608. The van der Waals surface area contributed by atoms with Crippen LogP contribution >= 0.6 is 23.1 Å². The summed E-state index contributed by atoms with van der Waals surface area (Å²) < 4.78 is 4.61. The van der Waals surface area contributed by atoms with E-state index in [1.54, 1.807) is 11.3 Å². The van der Waals surface area contributed by atoms with Crippen LogP contribution in [0, 0.1) is 0 Å². The van der Waals surface area contributed by atoms with Gasteiger partial charge in [-0.25, -0.2) is 0 Å². The highest BCUT2D eigenvalue weighted by atomic mass is 32.2. The third kappa shape index (κ3) is 1.71. The molecule has 0 aliphatic carbocycles. The summed E-state index contributed by atoms with van der Waals surface area (Å²) in [7, 11) is 0. The van der Waals surface area contributed by atoms with E-state index in [-0.39, 0.29) is 0 Å². The Bertz CT molecular complexity index is 1120. The Morgan fingerprint density at radius 3 is 2.95 bits per heavy atom. The molecule has 5 rings (SSSR count). The van der Waals surface area contributed by atoms with Gasteiger partial charge in [0, 0.05) is 0 Å². The first-order valence-corrected chi connectivity index (χ1v) is 7.98. The molecule has 106 valence electrons. The Balaban J connectivity index is 1.66. The third-order valence-electron chi connectivity index (χ3n) is 3.15. The zero-order valence-electron chi connectivity index (χ0n) is 10.9. The molecule has 0 fully saturated rings. The lowest BCUT2D eigenvalue weighted by Crippen LogP contribution is -1.96. The van der Waals surface area contributed by atoms with Crippen molar-refractivity contribution in [3.63, 3.8) is 0 Å². The Hall–Kier alpha value is -2.59. The average molecular weight is 326 g/mol. The molecule has 0 aliphatic rings. The van der Waals surface area contributed by atoms with Crippen molar-refractivity contribution in [3.8, 4) is 0 Å². The molecular formula is C12H6N8S2. The first-order chi connectivity index (χ1) is 10.9. The van der Waals surface area contributed by atoms with Crippen molar-refractivity contribution in [2.75, 3.05) is 0 Å². The fourth-order valence-electron chi connectivity index (χ4n) is 2.20. The van der Waals surface area contributed by atoms with Crippen molar-refractivity contribution in [1.29, 1.82) is 0 Å². The normalized spacial score (nSPS) is 11.8. The quantitative estimate of drug-likeness (QED) is 0.490. The van der Waals surface area contributed by atoms with Crippen molar-refractivity contribution in [2.24, 2.45) is 0 Å². The van der Waals surface area contributed by atoms with Crippen LogP contribution in [-0.4, -0.2) is 39.9 Å². The summed E-state index contributed by atoms with van der Waals surface area (Å²) in [6.07, 6.45) is 0. The standard InChI is InChI=1S/C12H6N8S2/c1-2-4-8-7(3-1)19-11(21-8)14-15-12(19)22-10-6-5-9-13-17-18-20(9)16-10/h1-6H. The molecule has 0 spiro atoms. The Labute approximate surface area is 130 Å². The summed E-state index contributed by atoms with van der Waals surface area (Å²) in [4.78, 5) is 0.868. The fraction of sp³-hybridized carbons (Fsp3) is 0. The van der Waals surface area contributed by atoms with E-state index in [2.05, 4.69) is 43.0 Å². The van der Waals surface area contributed by atoms with Crippen LogP contribution in [0.15, 0.2) is 46.6 Å². The third-order valence-corrected chi connectivity index (χ3v) is 5.04. The number of hydrogen-bond acceptors (Lipinski definition) is 8. The molecule has 0 saturated carbocycles. The molecule has 5 aromatic rings. The van der Waals surface area contributed by atoms with Gasteiger partial charge in [-0.15, -0.1) is 25.0 Å². The lowest BCUT2D eigenvalue weighted by molar-refractivity contribution is 0.701. The van der Waals surface area contributed by atoms with E-state index in [1.165, 1.54) is 21.1 Å². The van der Waals surface area contributed by atoms with Crippen LogP contribution in [0.25, 0.3) is 20.8 Å². The summed E-state index contributed by atoms with van der Waals surface area (Å²) in [5, 5.41) is 25.6. The summed E-state index contributed by atoms with van der Waals surface area (Å²) in [6, 6.07) is 11.9. The molecule has 0 amide bonds. The van der Waals surface area contributed by atoms with E-state index in [0.29, 0.717) is 5.65 Å². The molecule has 0 saturated heterocycles. The highest BCUT2D eigenvalue weighted by molar-refractivity contribution is 7.99. The molecule has 1 aromatic carbocycles. The van der Waals surface area contributed by atoms with Gasteiger partial charge in [0.25, 0.3) is 0 Å². The van der Waals surface area contributed by atoms with Crippen LogP contribution in [0.5, 0.6) is 0 Å². The minimum atomic E-state index is 0.608. The van der Waals surface area contributed by atoms with Gasteiger partial charge in [0.05, 0.1) is 10.2 Å². The monoisotopic (exact) mass is 326 g/mol. The van der Waals surface area contributed by atoms with Gasteiger partial charge in [-0.2, -0.15) is 0 Å². The second kappa shape index (κ2) is 4.45. The number of nitrogens with zero attached hydrogens (tertiary/aromatic N) is 8. The van der Waals surface area contributed by atoms with Gasteiger partial charge < -0.3 is 0 Å². The average Bonchev–Trinajstić information content (AvgIpc) is 3.22. The van der Waals surface area contributed by atoms with Crippen LogP contribution in [0.2, 0.25) is 0 Å². The van der Waals surface area contributed by atoms with Crippen molar-refractivity contribution >= 4 is 43.9 Å². The van der Waals surface area contributed by atoms with Crippen LogP contribution in [0.4, 0.5) is 0 Å². The van der Waals surface area contributed by atoms with Crippen molar-refractivity contribution < 1.29 is 0 Å². The zero-order valence-corrected chi connectivity index (χ0v) is 12.5. The van der Waals surface area contributed by atoms with Gasteiger partial charge in [-0.1, -0.05) is 23.5 Å². The molecule has 0 unspecified atom stereocenters. The summed E-state index contributed by atoms with van der Waals surface area (Å²) >= 11 is 3.05. The van der Waals surface area contributed by atoms with E-state index in [4.69, 9.17) is 0 Å². The largest absolute Gasteiger partial charge is 0.260 e. The SMILES string of the molecule is c1ccc2c(c1)sc1nnc(Sc3ccc4nnnn4n3)n12. The van der Waals surface area contributed by atoms with Gasteiger partial charge in [-0.05, 0) is 46.5 Å². The second-order valence-electron chi connectivity index (χ2n) is 4.47. The predicted molar refractivity (Wildman–Crippen MR) is 81.1 cm³/mol. The van der Waals surface area contributed by atoms with Gasteiger partial charge >= 0.3 is 0 Å². The van der Waals surface area contributed by atoms with Crippen molar-refractivity contribution in [1.82, 2.24) is 39.9 Å². The molecule has 0 radical (unpaired) electrons. The fourth-order valence-corrected chi connectivity index (χ4v) is 4.02. The number of para-hydroxylation sites is 1. The van der Waals surface area contributed by atoms with Crippen LogP contribution < -0.4 is 0 Å². The number of hydrogen-bond donors (Lipinski definition) is 0. The molecule has 8 nitrogen and oxygen atoms in total. The molecule has 10 heteroatoms. The van der Waals surface area contributed by atoms with Crippen LogP contribution in [0.1, 0.15) is 0 Å². The minimum Gasteiger partial charge on any atom is -0.260 e. The van der Waals surface area contributed by atoms with Crippen LogP contribution in [0.3, 0.4) is 0 Å². The summed E-state index contributed by atoms with van der Waals surface area (Å²) in [5.74, 6) is 0. The second-order valence-corrected chi connectivity index (χ2v) is 6.47. The van der Waals surface area contributed by atoms with Gasteiger partial charge in [0.2, 0.25) is 10.1 Å². The number of rotatable bonds is 2. The molecule has 0 N–H and O–H groups in total. The first-order valence-electron chi connectivity index (χ1n) is 6.34. The predicted octanol–water partition coefficient (Wildman–Crippen LogP) is 1.93. The van der Waals surface area contributed by atoms with Gasteiger partial charge in [0.1, 0.15) is 5.03 Å². The van der Waals surface area contributed by atoms with E-state index < -0.39 is 0 Å². The Morgan fingerprint density at radius 1 is 1.00 bits per heavy atom. The highest BCUT2D eigenvalue weighted by Gasteiger charge is 2.14. The Kier molecular flexibility index (Phi) is 2.43. The highest BCUT2D eigenvalue weighted by Crippen LogP contribution is 2.31. The zero-order chi connectivity index (χ0) is 14.5. The molecule has 0 bridgehead atoms. The molecule has 4 heterocycles. The van der Waals surface area contributed by atoms with E-state index >= 15 is 0 Å². The summed E-state index contributed by atoms with van der Waals surface area (Å²) in [5.41, 5.74) is 1.70. The van der Waals surface area contributed by atoms with E-state index in [1.807, 2.05) is 28.7 Å². The van der Waals surface area contributed by atoms with Crippen LogP contribution in [-0.2, 0) is 0 Å². The number of benzene rings is 1. The number of aromatic nitrogens is 8. The number of tetrazole rings is 1. The van der Waals surface area contributed by atoms with Crippen molar-refractivity contribution in [3.05, 3.63) is 36.4 Å². The van der Waals surface area contributed by atoms with E-state index in [0.717, 1.165) is 20.7 Å². The lowest BCUT2D eigenvalue weighted by Gasteiger charge is -1.98. The number of fused-ring (bicyclic) bond motifs is 4. The number of thiazole rings is 1. The maximum Gasteiger partial charge on any atom is 0.217 e. The smallest absolute Gasteiger partial charge is 0.217 e. The lowest BCUT2D eigenvalue weighted by atomic mass is 10.3. The summed E-state index contributed by atoms with van der Waals surface area (Å²) in [6.45, 7) is 0. The molecule has 22 heavy (non-hydrogen) atoms. The Morgan fingerprint density at radius 2 is 1.95 bits per heavy atom. The molecular weight excluding hydrogens is 320 g/mol. The van der Waals surface area contributed by atoms with Crippen molar-refractivity contribution in [2.45, 2.75) is 10.2 Å². The van der Waals surface area contributed by atoms with E-state index in [9.17, 15) is 0 Å². The molecule has 0 atom stereocenters. The first kappa shape index (κ1) is 12.0. The van der Waals surface area contributed by atoms with Gasteiger partial charge in [-0.3, -0.25) is 4.40 Å².